The number of aryl methyl sites for hydroxylation is 4. The number of fused-ring (bicyclic) bond motifs is 2. The van der Waals surface area contributed by atoms with E-state index < -0.39 is 23.2 Å². The largest absolute Gasteiger partial charge is 1.00 e. The number of nitrogens with zero attached hydrogens (tertiary/aromatic N) is 2. The number of pyridine rings is 2. The van der Waals surface area contributed by atoms with E-state index in [0.717, 1.165) is 24.2 Å². The molecule has 8 rings (SSSR count). The molecule has 300 valence electrons. The summed E-state index contributed by atoms with van der Waals surface area (Å²) < 4.78 is 0.689. The van der Waals surface area contributed by atoms with Gasteiger partial charge < -0.3 is 24.8 Å². The summed E-state index contributed by atoms with van der Waals surface area (Å²) in [5, 5.41) is 0. The first-order chi connectivity index (χ1) is 28.0. The van der Waals surface area contributed by atoms with Crippen molar-refractivity contribution in [1.29, 1.82) is 0 Å². The molecule has 2 aromatic heterocycles. The van der Waals surface area contributed by atoms with Crippen LogP contribution in [0.2, 0.25) is 0 Å². The van der Waals surface area contributed by atoms with Crippen LogP contribution in [0.15, 0.2) is 122 Å². The number of halogens is 2. The van der Waals surface area contributed by atoms with Gasteiger partial charge in [-0.05, 0) is 0 Å². The Hall–Kier alpha value is -3.88. The van der Waals surface area contributed by atoms with Gasteiger partial charge in [-0.15, -0.1) is 0 Å². The Morgan fingerprint density at radius 2 is 0.898 bits per heavy atom. The number of unbranched alkanes of at least 4 members (excludes halogenated alkanes) is 6. The van der Waals surface area contributed by atoms with Crippen molar-refractivity contribution in [3.63, 3.8) is 0 Å². The summed E-state index contributed by atoms with van der Waals surface area (Å²) in [6.45, 7) is 8.83. The van der Waals surface area contributed by atoms with Crippen LogP contribution < -0.4 is 24.8 Å². The average molecular weight is 895 g/mol. The first-order valence-corrected chi connectivity index (χ1v) is 24.3. The zero-order valence-electron chi connectivity index (χ0n) is 35.1. The molecule has 59 heavy (non-hydrogen) atoms. The molecule has 0 N–H and O–H groups in total. The molecule has 5 heteroatoms. The number of aromatic nitrogens is 2. The predicted octanol–water partition coefficient (Wildman–Crippen LogP) is 8.65. The molecule has 2 unspecified atom stereocenters. The van der Waals surface area contributed by atoms with Gasteiger partial charge in [0.2, 0.25) is 0 Å². The molecule has 0 amide bonds. The van der Waals surface area contributed by atoms with Crippen LogP contribution in [0.3, 0.4) is 0 Å². The van der Waals surface area contributed by atoms with Crippen molar-refractivity contribution in [2.75, 3.05) is 0 Å². The molecular formula is C54H56Cl2N2Zr. The standard InChI is InChI=1S/2C27H28N.2ClH.Zr/c2*1-3-4-5-6-8-21-12-14-22(15-13-21)25-10-7-9-23-17-24(18-26(23)25)27-16-11-20(2)19-28-27;;;/h2*7,9-19H,3-6,8H2,1-2H3;2*1H;/q;;;;+2/p-2. The number of benzene rings is 4. The third-order valence-corrected chi connectivity index (χ3v) is 16.7. The van der Waals surface area contributed by atoms with E-state index in [0.29, 0.717) is 7.25 Å². The molecule has 2 heterocycles. The first-order valence-electron chi connectivity index (χ1n) is 21.5. The minimum atomic E-state index is -1.32. The summed E-state index contributed by atoms with van der Waals surface area (Å²) in [7, 11) is 0. The molecule has 0 saturated carbocycles. The van der Waals surface area contributed by atoms with E-state index in [1.54, 1.807) is 0 Å². The normalized spacial score (nSPS) is 15.0. The quantitative estimate of drug-likeness (QED) is 0.0911. The van der Waals surface area contributed by atoms with Gasteiger partial charge in [-0.2, -0.15) is 0 Å². The van der Waals surface area contributed by atoms with Crippen LogP contribution in [0.5, 0.6) is 0 Å². The zero-order valence-corrected chi connectivity index (χ0v) is 39.0. The molecule has 2 atom stereocenters. The van der Waals surface area contributed by atoms with Gasteiger partial charge in [0.25, 0.3) is 0 Å². The Morgan fingerprint density at radius 3 is 1.27 bits per heavy atom. The van der Waals surface area contributed by atoms with Crippen LogP contribution in [0.4, 0.5) is 0 Å². The van der Waals surface area contributed by atoms with Crippen molar-refractivity contribution in [2.45, 2.75) is 99.2 Å². The SMILES string of the molecule is CCCCCCc1ccc(-c2cccc3c2C=C(c2ccc(C)cn2)[CH]3[Zr+2][CH]2C(c3ccc(C)cn3)=Cc3c(-c4ccc(CCCCCC)cc4)cccc32)cc1.[Cl-].[Cl-]. The van der Waals surface area contributed by atoms with Gasteiger partial charge in [-0.25, -0.2) is 0 Å². The van der Waals surface area contributed by atoms with Crippen LogP contribution in [-0.4, -0.2) is 9.97 Å². The molecule has 0 radical (unpaired) electrons. The molecule has 2 nitrogen and oxygen atoms in total. The zero-order chi connectivity index (χ0) is 39.1. The van der Waals surface area contributed by atoms with Gasteiger partial charge in [0, 0.05) is 0 Å². The van der Waals surface area contributed by atoms with E-state index in [-0.39, 0.29) is 24.8 Å². The predicted molar refractivity (Wildman–Crippen MR) is 239 cm³/mol. The second-order valence-electron chi connectivity index (χ2n) is 16.3. The molecule has 2 aliphatic carbocycles. The maximum absolute atomic E-state index is 5.08. The maximum Gasteiger partial charge on any atom is -1.00 e. The van der Waals surface area contributed by atoms with Gasteiger partial charge >= 0.3 is 329 Å². The van der Waals surface area contributed by atoms with Crippen molar-refractivity contribution in [3.8, 4) is 22.3 Å². The van der Waals surface area contributed by atoms with Crippen LogP contribution in [-0.2, 0) is 36.1 Å². The Labute approximate surface area is 377 Å². The Kier molecular flexibility index (Phi) is 16.0. The van der Waals surface area contributed by atoms with Crippen LogP contribution in [0.25, 0.3) is 45.6 Å². The Bertz CT molecular complexity index is 2190. The molecule has 0 bridgehead atoms. The third kappa shape index (κ3) is 10.2. The van der Waals surface area contributed by atoms with Crippen molar-refractivity contribution in [1.82, 2.24) is 9.97 Å². The smallest absolute Gasteiger partial charge is 1.00 e. The molecule has 0 fully saturated rings. The van der Waals surface area contributed by atoms with Crippen LogP contribution in [0.1, 0.15) is 128 Å². The summed E-state index contributed by atoms with van der Waals surface area (Å²) in [6, 6.07) is 41.9. The van der Waals surface area contributed by atoms with E-state index in [1.807, 2.05) is 12.4 Å². The van der Waals surface area contributed by atoms with Crippen molar-refractivity contribution >= 4 is 23.3 Å². The van der Waals surface area contributed by atoms with Gasteiger partial charge in [0.05, 0.1) is 0 Å². The molecule has 4 aromatic carbocycles. The van der Waals surface area contributed by atoms with Crippen LogP contribution in [0, 0.1) is 13.8 Å². The summed E-state index contributed by atoms with van der Waals surface area (Å²) in [6.07, 6.45) is 21.7. The molecule has 0 spiro atoms. The van der Waals surface area contributed by atoms with Gasteiger partial charge in [0.15, 0.2) is 0 Å². The summed E-state index contributed by atoms with van der Waals surface area (Å²) in [5.41, 5.74) is 21.2. The van der Waals surface area contributed by atoms with E-state index in [9.17, 15) is 0 Å². The minimum absolute atomic E-state index is 0. The van der Waals surface area contributed by atoms with Gasteiger partial charge in [0.1, 0.15) is 0 Å². The second kappa shape index (κ2) is 21.1. The Balaban J connectivity index is 0.00000293. The summed E-state index contributed by atoms with van der Waals surface area (Å²) >= 11 is -1.32. The van der Waals surface area contributed by atoms with E-state index in [4.69, 9.17) is 9.97 Å². The average Bonchev–Trinajstić information content (AvgIpc) is 3.81. The van der Waals surface area contributed by atoms with E-state index in [1.165, 1.54) is 129 Å². The number of hydrogen-bond acceptors (Lipinski definition) is 2. The fraction of sp³-hybridized carbons (Fsp3) is 0.296. The fourth-order valence-corrected chi connectivity index (χ4v) is 13.7. The molecule has 2 aliphatic rings. The fourth-order valence-electron chi connectivity index (χ4n) is 8.77. The molecule has 0 saturated heterocycles. The minimum Gasteiger partial charge on any atom is -1.00 e. The third-order valence-electron chi connectivity index (χ3n) is 12.0. The molecule has 6 aromatic rings. The molecule has 0 aliphatic heterocycles. The number of rotatable bonds is 16. The van der Waals surface area contributed by atoms with Crippen LogP contribution >= 0.6 is 0 Å². The van der Waals surface area contributed by atoms with E-state index in [2.05, 4.69) is 149 Å². The van der Waals surface area contributed by atoms with Crippen molar-refractivity contribution in [3.05, 3.63) is 177 Å². The maximum atomic E-state index is 5.08. The van der Waals surface area contributed by atoms with E-state index >= 15 is 0 Å². The number of allylic oxidation sites excluding steroid dienone is 2. The van der Waals surface area contributed by atoms with Gasteiger partial charge in [-0.3, -0.25) is 0 Å². The van der Waals surface area contributed by atoms with Crippen molar-refractivity contribution in [2.24, 2.45) is 0 Å². The molecular weight excluding hydrogens is 839 g/mol. The monoisotopic (exact) mass is 892 g/mol. The summed E-state index contributed by atoms with van der Waals surface area (Å²) in [5.74, 6) is 0. The topological polar surface area (TPSA) is 25.8 Å². The Morgan fingerprint density at radius 1 is 0.475 bits per heavy atom. The second-order valence-corrected chi connectivity index (χ2v) is 20.0. The van der Waals surface area contributed by atoms with Gasteiger partial charge in [-0.1, -0.05) is 26.7 Å². The van der Waals surface area contributed by atoms with Crippen molar-refractivity contribution < 1.29 is 48.0 Å². The first kappa shape index (κ1) is 44.7. The number of hydrogen-bond donors (Lipinski definition) is 0. The summed E-state index contributed by atoms with van der Waals surface area (Å²) in [4.78, 5) is 10.2.